The molecular weight excluding hydrogens is 232 g/mol. The Balaban J connectivity index is 2.61. The van der Waals surface area contributed by atoms with Gasteiger partial charge in [-0.05, 0) is 47.6 Å². The molecule has 0 spiro atoms. The van der Waals surface area contributed by atoms with Gasteiger partial charge in [-0.25, -0.2) is 0 Å². The van der Waals surface area contributed by atoms with Crippen LogP contribution < -0.4 is 0 Å². The quantitative estimate of drug-likeness (QED) is 0.835. The molecular formula is C18H22O. The Kier molecular flexibility index (Phi) is 4.26. The first-order valence-electron chi connectivity index (χ1n) is 7.14. The van der Waals surface area contributed by atoms with Crippen molar-refractivity contribution in [2.24, 2.45) is 0 Å². The number of aromatic hydroxyl groups is 1. The summed E-state index contributed by atoms with van der Waals surface area (Å²) in [6.07, 6.45) is 2.89. The SMILES string of the molecule is CCc1ccc(-c2c(CC)ccc(O)c2CC)cc1. The van der Waals surface area contributed by atoms with E-state index < -0.39 is 0 Å². The van der Waals surface area contributed by atoms with Crippen LogP contribution in [0.15, 0.2) is 36.4 Å². The summed E-state index contributed by atoms with van der Waals surface area (Å²) in [5, 5.41) is 10.1. The second-order valence-electron chi connectivity index (χ2n) is 4.85. The maximum Gasteiger partial charge on any atom is 0.119 e. The van der Waals surface area contributed by atoms with Crippen LogP contribution in [-0.4, -0.2) is 5.11 Å². The van der Waals surface area contributed by atoms with Crippen molar-refractivity contribution in [3.8, 4) is 16.9 Å². The number of hydrogen-bond donors (Lipinski definition) is 1. The molecule has 0 aromatic heterocycles. The zero-order chi connectivity index (χ0) is 13.8. The van der Waals surface area contributed by atoms with Crippen LogP contribution in [0.5, 0.6) is 5.75 Å². The molecule has 0 amide bonds. The third-order valence-corrected chi connectivity index (χ3v) is 3.76. The lowest BCUT2D eigenvalue weighted by Crippen LogP contribution is -1.95. The van der Waals surface area contributed by atoms with Crippen LogP contribution in [-0.2, 0) is 19.3 Å². The summed E-state index contributed by atoms with van der Waals surface area (Å²) in [5.41, 5.74) is 6.14. The van der Waals surface area contributed by atoms with Crippen molar-refractivity contribution in [1.82, 2.24) is 0 Å². The van der Waals surface area contributed by atoms with Gasteiger partial charge < -0.3 is 5.11 Å². The molecule has 2 aromatic rings. The van der Waals surface area contributed by atoms with E-state index in [0.717, 1.165) is 24.8 Å². The van der Waals surface area contributed by atoms with Crippen molar-refractivity contribution in [3.05, 3.63) is 53.1 Å². The molecule has 0 aliphatic carbocycles. The highest BCUT2D eigenvalue weighted by atomic mass is 16.3. The zero-order valence-electron chi connectivity index (χ0n) is 12.0. The van der Waals surface area contributed by atoms with Crippen molar-refractivity contribution >= 4 is 0 Å². The Morgan fingerprint density at radius 1 is 0.789 bits per heavy atom. The van der Waals surface area contributed by atoms with Crippen LogP contribution in [0, 0.1) is 0 Å². The van der Waals surface area contributed by atoms with Crippen molar-refractivity contribution in [2.45, 2.75) is 40.0 Å². The van der Waals surface area contributed by atoms with Gasteiger partial charge in [-0.1, -0.05) is 51.1 Å². The highest BCUT2D eigenvalue weighted by Gasteiger charge is 2.12. The molecule has 0 saturated carbocycles. The third-order valence-electron chi connectivity index (χ3n) is 3.76. The van der Waals surface area contributed by atoms with Gasteiger partial charge in [0.1, 0.15) is 5.75 Å². The van der Waals surface area contributed by atoms with Gasteiger partial charge >= 0.3 is 0 Å². The van der Waals surface area contributed by atoms with Crippen LogP contribution in [0.4, 0.5) is 0 Å². The van der Waals surface area contributed by atoms with Crippen LogP contribution in [0.3, 0.4) is 0 Å². The van der Waals surface area contributed by atoms with Crippen molar-refractivity contribution < 1.29 is 5.11 Å². The number of phenolic OH excluding ortho intramolecular Hbond substituents is 1. The van der Waals surface area contributed by atoms with Gasteiger partial charge in [0.2, 0.25) is 0 Å². The summed E-state index contributed by atoms with van der Waals surface area (Å²) in [6.45, 7) is 6.42. The van der Waals surface area contributed by atoms with E-state index in [2.05, 4.69) is 45.0 Å². The van der Waals surface area contributed by atoms with Gasteiger partial charge in [-0.3, -0.25) is 0 Å². The van der Waals surface area contributed by atoms with E-state index in [9.17, 15) is 5.11 Å². The maximum absolute atomic E-state index is 10.1. The summed E-state index contributed by atoms with van der Waals surface area (Å²) in [4.78, 5) is 0. The topological polar surface area (TPSA) is 20.2 Å². The Labute approximate surface area is 115 Å². The molecule has 2 rings (SSSR count). The lowest BCUT2D eigenvalue weighted by atomic mass is 9.90. The summed E-state index contributed by atoms with van der Waals surface area (Å²) >= 11 is 0. The second kappa shape index (κ2) is 5.92. The molecule has 0 bridgehead atoms. The number of rotatable bonds is 4. The molecule has 2 aromatic carbocycles. The zero-order valence-corrected chi connectivity index (χ0v) is 12.0. The first kappa shape index (κ1) is 13.7. The molecule has 100 valence electrons. The molecule has 1 heteroatoms. The largest absolute Gasteiger partial charge is 0.508 e. The van der Waals surface area contributed by atoms with Crippen molar-refractivity contribution in [2.75, 3.05) is 0 Å². The Morgan fingerprint density at radius 3 is 2.00 bits per heavy atom. The van der Waals surface area contributed by atoms with Gasteiger partial charge in [-0.2, -0.15) is 0 Å². The molecule has 0 unspecified atom stereocenters. The normalized spacial score (nSPS) is 10.7. The molecule has 1 nitrogen and oxygen atoms in total. The molecule has 0 aliphatic rings. The minimum atomic E-state index is 0.411. The molecule has 0 aliphatic heterocycles. The van der Waals surface area contributed by atoms with E-state index in [4.69, 9.17) is 0 Å². The van der Waals surface area contributed by atoms with E-state index >= 15 is 0 Å². The van der Waals surface area contributed by atoms with E-state index in [1.165, 1.54) is 22.3 Å². The average molecular weight is 254 g/mol. The fourth-order valence-electron chi connectivity index (χ4n) is 2.60. The van der Waals surface area contributed by atoms with Gasteiger partial charge in [-0.15, -0.1) is 0 Å². The second-order valence-corrected chi connectivity index (χ2v) is 4.85. The van der Waals surface area contributed by atoms with Crippen LogP contribution in [0.2, 0.25) is 0 Å². The molecule has 0 fully saturated rings. The Bertz CT molecular complexity index is 553. The van der Waals surface area contributed by atoms with Crippen molar-refractivity contribution in [3.63, 3.8) is 0 Å². The van der Waals surface area contributed by atoms with Crippen molar-refractivity contribution in [1.29, 1.82) is 0 Å². The summed E-state index contributed by atoms with van der Waals surface area (Å²) in [5.74, 6) is 0.411. The Morgan fingerprint density at radius 2 is 1.47 bits per heavy atom. The highest BCUT2D eigenvalue weighted by Crippen LogP contribution is 2.34. The number of phenols is 1. The van der Waals surface area contributed by atoms with Crippen LogP contribution in [0.25, 0.3) is 11.1 Å². The van der Waals surface area contributed by atoms with E-state index in [-0.39, 0.29) is 0 Å². The number of benzene rings is 2. The van der Waals surface area contributed by atoms with Crippen LogP contribution >= 0.6 is 0 Å². The van der Waals surface area contributed by atoms with Crippen LogP contribution in [0.1, 0.15) is 37.5 Å². The first-order valence-corrected chi connectivity index (χ1v) is 7.14. The number of aryl methyl sites for hydroxylation is 2. The maximum atomic E-state index is 10.1. The highest BCUT2D eigenvalue weighted by molar-refractivity contribution is 5.74. The summed E-state index contributed by atoms with van der Waals surface area (Å²) in [7, 11) is 0. The van der Waals surface area contributed by atoms with Gasteiger partial charge in [0.25, 0.3) is 0 Å². The molecule has 1 N–H and O–H groups in total. The van der Waals surface area contributed by atoms with Gasteiger partial charge in [0.05, 0.1) is 0 Å². The standard InChI is InChI=1S/C18H22O/c1-4-13-7-9-15(10-8-13)18-14(5-2)11-12-17(19)16(18)6-3/h7-12,19H,4-6H2,1-3H3. The predicted octanol–water partition coefficient (Wildman–Crippen LogP) is 4.75. The molecule has 0 saturated heterocycles. The minimum Gasteiger partial charge on any atom is -0.508 e. The minimum absolute atomic E-state index is 0.411. The fraction of sp³-hybridized carbons (Fsp3) is 0.333. The molecule has 0 heterocycles. The van der Waals surface area contributed by atoms with E-state index in [1.807, 2.05) is 12.1 Å². The molecule has 0 atom stereocenters. The van der Waals surface area contributed by atoms with Gasteiger partial charge in [0, 0.05) is 5.56 Å². The summed E-state index contributed by atoms with van der Waals surface area (Å²) < 4.78 is 0. The monoisotopic (exact) mass is 254 g/mol. The fourth-order valence-corrected chi connectivity index (χ4v) is 2.60. The summed E-state index contributed by atoms with van der Waals surface area (Å²) in [6, 6.07) is 12.6. The van der Waals surface area contributed by atoms with Gasteiger partial charge in [0.15, 0.2) is 0 Å². The molecule has 19 heavy (non-hydrogen) atoms. The molecule has 0 radical (unpaired) electrons. The third kappa shape index (κ3) is 2.65. The first-order chi connectivity index (χ1) is 9.21. The van der Waals surface area contributed by atoms with E-state index in [0.29, 0.717) is 5.75 Å². The van der Waals surface area contributed by atoms with E-state index in [1.54, 1.807) is 0 Å². The Hall–Kier alpha value is -1.76. The predicted molar refractivity (Wildman–Crippen MR) is 81.7 cm³/mol. The lowest BCUT2D eigenvalue weighted by Gasteiger charge is -2.15. The lowest BCUT2D eigenvalue weighted by molar-refractivity contribution is 0.469. The smallest absolute Gasteiger partial charge is 0.119 e. The number of hydrogen-bond acceptors (Lipinski definition) is 1. The average Bonchev–Trinajstić information content (AvgIpc) is 2.47.